The molecule has 0 radical (unpaired) electrons. The fourth-order valence-electron chi connectivity index (χ4n) is 2.72. The Morgan fingerprint density at radius 1 is 0.571 bits per heavy atom. The number of benzene rings is 4. The molecule has 0 unspecified atom stereocenters. The van der Waals surface area contributed by atoms with Crippen LogP contribution in [0.25, 0.3) is 22.3 Å². The number of hydrogen-bond acceptors (Lipinski definition) is 2. The molecule has 2 nitrogen and oxygen atoms in total. The molecule has 140 valence electrons. The van der Waals surface area contributed by atoms with Crippen LogP contribution >= 0.6 is 15.9 Å². The minimum atomic E-state index is -0.325. The van der Waals surface area contributed by atoms with Crippen molar-refractivity contribution in [2.24, 2.45) is 0 Å². The van der Waals surface area contributed by atoms with Gasteiger partial charge in [0.05, 0.1) is 0 Å². The second kappa shape index (κ2) is 9.20. The van der Waals surface area contributed by atoms with Crippen LogP contribution in [-0.4, -0.2) is 10.2 Å². The van der Waals surface area contributed by atoms with Gasteiger partial charge in [0, 0.05) is 10.0 Å². The average Bonchev–Trinajstić information content (AvgIpc) is 2.71. The number of phenols is 2. The topological polar surface area (TPSA) is 40.5 Å². The second-order valence-corrected chi connectivity index (χ2v) is 7.01. The van der Waals surface area contributed by atoms with Crippen LogP contribution in [0.3, 0.4) is 0 Å². The predicted molar refractivity (Wildman–Crippen MR) is 115 cm³/mol. The van der Waals surface area contributed by atoms with Gasteiger partial charge in [0.25, 0.3) is 0 Å². The van der Waals surface area contributed by atoms with Gasteiger partial charge in [-0.05, 0) is 53.1 Å². The summed E-state index contributed by atoms with van der Waals surface area (Å²) in [5.74, 6) is 0.0254. The second-order valence-electron chi connectivity index (χ2n) is 6.09. The van der Waals surface area contributed by atoms with Gasteiger partial charge >= 0.3 is 0 Å². The number of rotatable bonds is 2. The van der Waals surface area contributed by atoms with Crippen LogP contribution in [0.1, 0.15) is 0 Å². The van der Waals surface area contributed by atoms with E-state index in [1.54, 1.807) is 24.3 Å². The fourth-order valence-corrected chi connectivity index (χ4v) is 3.20. The maximum Gasteiger partial charge on any atom is 0.131 e. The minimum absolute atomic E-state index is 0.0743. The first-order chi connectivity index (χ1) is 13.5. The molecule has 4 heteroatoms. The van der Waals surface area contributed by atoms with Crippen molar-refractivity contribution < 1.29 is 14.6 Å². The van der Waals surface area contributed by atoms with E-state index in [1.165, 1.54) is 18.2 Å². The van der Waals surface area contributed by atoms with Gasteiger partial charge in [-0.25, -0.2) is 4.39 Å². The Hall–Kier alpha value is -3.11. The zero-order chi connectivity index (χ0) is 19.9. The molecular weight excluding hydrogens is 419 g/mol. The summed E-state index contributed by atoms with van der Waals surface area (Å²) in [7, 11) is 0. The van der Waals surface area contributed by atoms with Gasteiger partial charge in [-0.15, -0.1) is 0 Å². The third-order valence-electron chi connectivity index (χ3n) is 4.02. The lowest BCUT2D eigenvalue weighted by Crippen LogP contribution is -1.82. The Labute approximate surface area is 171 Å². The quantitative estimate of drug-likeness (QED) is 0.354. The van der Waals surface area contributed by atoms with Crippen molar-refractivity contribution in [2.45, 2.75) is 0 Å². The van der Waals surface area contributed by atoms with Gasteiger partial charge in [0.15, 0.2) is 0 Å². The molecule has 4 aromatic carbocycles. The first-order valence-electron chi connectivity index (χ1n) is 8.62. The van der Waals surface area contributed by atoms with E-state index >= 15 is 0 Å². The molecule has 4 rings (SSSR count). The van der Waals surface area contributed by atoms with Crippen LogP contribution in [0, 0.1) is 5.82 Å². The van der Waals surface area contributed by atoms with E-state index in [9.17, 15) is 14.6 Å². The minimum Gasteiger partial charge on any atom is -0.508 e. The summed E-state index contributed by atoms with van der Waals surface area (Å²) in [6, 6.07) is 28.5. The van der Waals surface area contributed by atoms with Gasteiger partial charge in [0.1, 0.15) is 17.3 Å². The molecule has 0 aliphatic carbocycles. The van der Waals surface area contributed by atoms with E-state index in [2.05, 4.69) is 15.9 Å². The molecule has 0 aliphatic heterocycles. The highest BCUT2D eigenvalue weighted by Gasteiger charge is 2.04. The molecule has 2 N–H and O–H groups in total. The molecular formula is C24H18BrFO2. The third kappa shape index (κ3) is 5.21. The van der Waals surface area contributed by atoms with Crippen molar-refractivity contribution in [3.8, 4) is 33.8 Å². The zero-order valence-corrected chi connectivity index (χ0v) is 16.5. The third-order valence-corrected chi connectivity index (χ3v) is 4.48. The lowest BCUT2D eigenvalue weighted by molar-refractivity contribution is 0.473. The smallest absolute Gasteiger partial charge is 0.131 e. The molecule has 0 saturated heterocycles. The Balaban J connectivity index is 0.000000161. The summed E-state index contributed by atoms with van der Waals surface area (Å²) in [6.45, 7) is 0. The lowest BCUT2D eigenvalue weighted by atomic mass is 10.1. The van der Waals surface area contributed by atoms with Crippen LogP contribution in [0.15, 0.2) is 102 Å². The molecule has 4 aromatic rings. The highest BCUT2D eigenvalue weighted by molar-refractivity contribution is 9.10. The van der Waals surface area contributed by atoms with Crippen molar-refractivity contribution in [1.29, 1.82) is 0 Å². The van der Waals surface area contributed by atoms with Gasteiger partial charge < -0.3 is 10.2 Å². The van der Waals surface area contributed by atoms with Gasteiger partial charge in [-0.3, -0.25) is 0 Å². The molecule has 0 fully saturated rings. The summed E-state index contributed by atoms with van der Waals surface area (Å²) in [5, 5.41) is 18.7. The van der Waals surface area contributed by atoms with Gasteiger partial charge in [-0.2, -0.15) is 0 Å². The van der Waals surface area contributed by atoms with Crippen LogP contribution in [0.4, 0.5) is 4.39 Å². The Morgan fingerprint density at radius 3 is 1.79 bits per heavy atom. The van der Waals surface area contributed by atoms with E-state index in [4.69, 9.17) is 0 Å². The summed E-state index contributed by atoms with van der Waals surface area (Å²) >= 11 is 3.35. The Kier molecular flexibility index (Phi) is 6.45. The van der Waals surface area contributed by atoms with Gasteiger partial charge in [0.2, 0.25) is 0 Å². The fraction of sp³-hybridized carbons (Fsp3) is 0. The number of hydrogen-bond donors (Lipinski definition) is 2. The number of aromatic hydroxyl groups is 2. The highest BCUT2D eigenvalue weighted by Crippen LogP contribution is 2.28. The monoisotopic (exact) mass is 436 g/mol. The first-order valence-corrected chi connectivity index (χ1v) is 9.41. The largest absolute Gasteiger partial charge is 0.508 e. The van der Waals surface area contributed by atoms with Crippen molar-refractivity contribution in [1.82, 2.24) is 0 Å². The molecule has 0 spiro atoms. The predicted octanol–water partition coefficient (Wildman–Crippen LogP) is 7.02. The van der Waals surface area contributed by atoms with Crippen LogP contribution in [0.2, 0.25) is 0 Å². The van der Waals surface area contributed by atoms with E-state index < -0.39 is 0 Å². The molecule has 0 amide bonds. The summed E-state index contributed by atoms with van der Waals surface area (Å²) in [5.41, 5.74) is 3.30. The molecule has 0 heterocycles. The first kappa shape index (κ1) is 19.6. The molecule has 0 aliphatic rings. The van der Waals surface area contributed by atoms with Crippen molar-refractivity contribution >= 4 is 15.9 Å². The van der Waals surface area contributed by atoms with E-state index in [0.29, 0.717) is 5.56 Å². The maximum absolute atomic E-state index is 13.3. The Bertz CT molecular complexity index is 1030. The average molecular weight is 437 g/mol. The van der Waals surface area contributed by atoms with E-state index in [-0.39, 0.29) is 17.3 Å². The standard InChI is InChI=1S/C12H9BrO.C12H9FO/c13-11-6-10(7-12(14)8-11)9-4-2-1-3-5-9;13-12-7-6-10(14)8-11(12)9-4-2-1-3-5-9/h2*1-8,14H. The van der Waals surface area contributed by atoms with Crippen molar-refractivity contribution in [3.05, 3.63) is 107 Å². The van der Waals surface area contributed by atoms with Crippen molar-refractivity contribution in [2.75, 3.05) is 0 Å². The summed E-state index contributed by atoms with van der Waals surface area (Å²) in [4.78, 5) is 0. The molecule has 0 bridgehead atoms. The van der Waals surface area contributed by atoms with Crippen molar-refractivity contribution in [3.63, 3.8) is 0 Å². The van der Waals surface area contributed by atoms with Crippen LogP contribution in [0.5, 0.6) is 11.5 Å². The molecule has 0 atom stereocenters. The van der Waals surface area contributed by atoms with Gasteiger partial charge in [-0.1, -0.05) is 76.6 Å². The SMILES string of the molecule is Oc1cc(Br)cc(-c2ccccc2)c1.Oc1ccc(F)c(-c2ccccc2)c1. The Morgan fingerprint density at radius 2 is 1.18 bits per heavy atom. The number of halogens is 2. The molecule has 0 aromatic heterocycles. The van der Waals surface area contributed by atoms with Crippen LogP contribution < -0.4 is 0 Å². The zero-order valence-electron chi connectivity index (χ0n) is 14.9. The summed E-state index contributed by atoms with van der Waals surface area (Å²) < 4.78 is 14.2. The summed E-state index contributed by atoms with van der Waals surface area (Å²) in [6.07, 6.45) is 0. The number of phenolic OH excluding ortho intramolecular Hbond substituents is 2. The lowest BCUT2D eigenvalue weighted by Gasteiger charge is -2.03. The van der Waals surface area contributed by atoms with E-state index in [1.807, 2.05) is 54.6 Å². The molecule has 0 saturated carbocycles. The normalized spacial score (nSPS) is 10.1. The van der Waals surface area contributed by atoms with Crippen LogP contribution in [-0.2, 0) is 0 Å². The highest BCUT2D eigenvalue weighted by atomic mass is 79.9. The molecule has 28 heavy (non-hydrogen) atoms. The van der Waals surface area contributed by atoms with E-state index in [0.717, 1.165) is 21.2 Å². The maximum atomic E-state index is 13.3.